The number of aliphatic hydroxyl groups excluding tert-OH is 1. The van der Waals surface area contributed by atoms with Gasteiger partial charge in [0.15, 0.2) is 6.29 Å². The molecule has 9 heteroatoms. The fourth-order valence-corrected chi connectivity index (χ4v) is 8.39. The number of rotatable bonds is 11. The Morgan fingerprint density at radius 1 is 0.943 bits per heavy atom. The van der Waals surface area contributed by atoms with Gasteiger partial charge in [0, 0.05) is 36.2 Å². The predicted molar refractivity (Wildman–Crippen MR) is 207 cm³/mol. The molecule has 2 amide bonds. The number of carbonyl (C=O) groups is 2. The van der Waals surface area contributed by atoms with Gasteiger partial charge in [0.1, 0.15) is 6.61 Å². The fraction of sp³-hybridized carbons (Fsp3) is 0.500. The lowest BCUT2D eigenvalue weighted by atomic mass is 9.75. The highest BCUT2D eigenvalue weighted by Crippen LogP contribution is 2.44. The molecule has 2 heterocycles. The van der Waals surface area contributed by atoms with Gasteiger partial charge in [-0.05, 0) is 80.2 Å². The largest absolute Gasteiger partial charge is 0.445 e. The van der Waals surface area contributed by atoms with Crippen LogP contribution < -0.4 is 10.6 Å². The fourth-order valence-electron chi connectivity index (χ4n) is 8.39. The number of aliphatic hydroxyl groups is 1. The lowest BCUT2D eigenvalue weighted by Gasteiger charge is -2.51. The van der Waals surface area contributed by atoms with Crippen molar-refractivity contribution in [3.8, 4) is 11.1 Å². The minimum atomic E-state index is -0.627. The molecule has 3 N–H and O–H groups in total. The molecule has 3 aromatic rings. The molecule has 53 heavy (non-hydrogen) atoms. The third-order valence-corrected chi connectivity index (χ3v) is 11.1. The van der Waals surface area contributed by atoms with Gasteiger partial charge >= 0.3 is 6.09 Å². The first-order chi connectivity index (χ1) is 25.5. The van der Waals surface area contributed by atoms with E-state index in [0.29, 0.717) is 25.0 Å². The van der Waals surface area contributed by atoms with E-state index in [1.165, 1.54) is 25.3 Å². The summed E-state index contributed by atoms with van der Waals surface area (Å²) in [5.74, 6) is 0.700. The second-order valence-corrected chi connectivity index (χ2v) is 16.0. The van der Waals surface area contributed by atoms with Crippen LogP contribution in [0, 0.1) is 11.8 Å². The number of ether oxygens (including phenoxy) is 3. The molecule has 6 rings (SSSR count). The Bertz CT molecular complexity index is 1690. The van der Waals surface area contributed by atoms with Crippen molar-refractivity contribution in [2.45, 2.75) is 115 Å². The van der Waals surface area contributed by atoms with Crippen LogP contribution in [0.15, 0.2) is 85.5 Å². The van der Waals surface area contributed by atoms with E-state index < -0.39 is 12.4 Å². The molecule has 0 radical (unpaired) electrons. The van der Waals surface area contributed by atoms with Crippen molar-refractivity contribution < 1.29 is 28.9 Å². The van der Waals surface area contributed by atoms with Gasteiger partial charge in [0.2, 0.25) is 5.91 Å². The number of nitrogens with zero attached hydrogens (tertiary/aromatic N) is 1. The molecule has 2 aliphatic heterocycles. The molecule has 0 spiro atoms. The molecule has 0 aromatic heterocycles. The molecule has 0 bridgehead atoms. The monoisotopic (exact) mass is 723 g/mol. The Balaban J connectivity index is 1.27. The number of alkyl carbamates (subject to hydrolysis) is 1. The Morgan fingerprint density at radius 3 is 2.38 bits per heavy atom. The van der Waals surface area contributed by atoms with E-state index >= 15 is 0 Å². The van der Waals surface area contributed by atoms with E-state index in [4.69, 9.17) is 14.2 Å². The number of benzene rings is 3. The van der Waals surface area contributed by atoms with Crippen molar-refractivity contribution in [2.75, 3.05) is 13.2 Å². The smallest absolute Gasteiger partial charge is 0.407 e. The summed E-state index contributed by atoms with van der Waals surface area (Å²) < 4.78 is 18.9. The maximum Gasteiger partial charge on any atom is 0.407 e. The lowest BCUT2D eigenvalue weighted by Crippen LogP contribution is -2.61. The number of hydrogen-bond acceptors (Lipinski definition) is 7. The number of amides is 2. The Morgan fingerprint density at radius 2 is 1.66 bits per heavy atom. The van der Waals surface area contributed by atoms with E-state index in [-0.39, 0.29) is 48.8 Å². The lowest BCUT2D eigenvalue weighted by molar-refractivity contribution is -0.278. The van der Waals surface area contributed by atoms with Gasteiger partial charge in [-0.25, -0.2) is 4.79 Å². The van der Waals surface area contributed by atoms with Crippen LogP contribution in [-0.2, 0) is 32.2 Å². The zero-order valence-corrected chi connectivity index (χ0v) is 31.8. The first-order valence-electron chi connectivity index (χ1n) is 19.3. The Kier molecular flexibility index (Phi) is 12.7. The van der Waals surface area contributed by atoms with Crippen molar-refractivity contribution in [3.05, 3.63) is 108 Å². The summed E-state index contributed by atoms with van der Waals surface area (Å²) in [6, 6.07) is 24.4. The second kappa shape index (κ2) is 17.4. The Hall–Kier alpha value is -4.02. The average molecular weight is 724 g/mol. The van der Waals surface area contributed by atoms with E-state index in [2.05, 4.69) is 53.3 Å². The van der Waals surface area contributed by atoms with E-state index in [1.807, 2.05) is 69.3 Å². The zero-order valence-electron chi connectivity index (χ0n) is 31.8. The summed E-state index contributed by atoms with van der Waals surface area (Å²) in [6.45, 7) is 13.0. The van der Waals surface area contributed by atoms with Crippen molar-refractivity contribution in [3.63, 3.8) is 0 Å². The Labute approximate surface area is 315 Å². The van der Waals surface area contributed by atoms with Gasteiger partial charge in [-0.1, -0.05) is 105 Å². The van der Waals surface area contributed by atoms with Crippen molar-refractivity contribution in [1.82, 2.24) is 15.5 Å². The zero-order chi connectivity index (χ0) is 37.5. The van der Waals surface area contributed by atoms with Gasteiger partial charge in [0.05, 0.1) is 24.9 Å². The molecule has 284 valence electrons. The average Bonchev–Trinajstić information content (AvgIpc) is 3.16. The highest BCUT2D eigenvalue weighted by atomic mass is 16.7. The quantitative estimate of drug-likeness (QED) is 0.172. The standard InChI is InChI=1S/C44H57N3O6/c1-6-25-51-43(50)45-26-35-12-7-9-13-36(35)31-19-21-34(22-20-31)42-52-39(29(2)40(53-42)33-17-15-30(28-48)16-18-33)27-47-37-14-10-8-11-32(37)23-24-38(47)41(49)46-44(3,4)5/h6-7,9,12-13,15-22,29,32,37-40,42,48H,1,8,10-11,14,23-28H2,2-5H3,(H,45,50)(H,46,49)/t29-,32-,37-,38-,39+,40+,42+/m1/s1. The van der Waals surface area contributed by atoms with Crippen LogP contribution in [0.25, 0.3) is 11.1 Å². The van der Waals surface area contributed by atoms with Crippen LogP contribution in [0.5, 0.6) is 0 Å². The second-order valence-electron chi connectivity index (χ2n) is 16.0. The van der Waals surface area contributed by atoms with Crippen LogP contribution in [0.1, 0.15) is 101 Å². The summed E-state index contributed by atoms with van der Waals surface area (Å²) in [6.07, 6.45) is 6.66. The van der Waals surface area contributed by atoms with Crippen LogP contribution in [0.2, 0.25) is 0 Å². The molecule has 1 saturated carbocycles. The van der Waals surface area contributed by atoms with Gasteiger partial charge in [-0.3, -0.25) is 9.69 Å². The third-order valence-electron chi connectivity index (χ3n) is 11.1. The van der Waals surface area contributed by atoms with E-state index in [1.54, 1.807) is 0 Å². The van der Waals surface area contributed by atoms with Crippen molar-refractivity contribution in [2.24, 2.45) is 11.8 Å². The maximum absolute atomic E-state index is 13.9. The van der Waals surface area contributed by atoms with Gasteiger partial charge in [-0.2, -0.15) is 0 Å². The molecule has 3 fully saturated rings. The normalized spacial score (nSPS) is 26.2. The number of nitrogens with one attached hydrogen (secondary N) is 2. The SMILES string of the molecule is C=CCOC(=O)NCc1ccccc1-c1ccc([C@H]2O[C@@H](CN3[C@@H](C(=O)NC(C)(C)C)CC[C@H]4CCCC[C@H]43)[C@@H](C)[C@@H](c3ccc(CO)cc3)O2)cc1. The highest BCUT2D eigenvalue weighted by Gasteiger charge is 2.46. The number of carbonyl (C=O) groups excluding carboxylic acids is 2. The summed E-state index contributed by atoms with van der Waals surface area (Å²) in [7, 11) is 0. The molecular weight excluding hydrogens is 666 g/mol. The van der Waals surface area contributed by atoms with Gasteiger partial charge in [0.25, 0.3) is 0 Å². The molecule has 7 atom stereocenters. The van der Waals surface area contributed by atoms with Crippen LogP contribution in [0.3, 0.4) is 0 Å². The molecular formula is C44H57N3O6. The molecule has 9 nitrogen and oxygen atoms in total. The molecule has 1 aliphatic carbocycles. The van der Waals surface area contributed by atoms with Gasteiger partial charge < -0.3 is 30.0 Å². The first kappa shape index (κ1) is 38.7. The van der Waals surface area contributed by atoms with Crippen LogP contribution in [0.4, 0.5) is 4.79 Å². The summed E-state index contributed by atoms with van der Waals surface area (Å²) in [5.41, 5.74) is 5.46. The topological polar surface area (TPSA) is 109 Å². The number of fused-ring (bicyclic) bond motifs is 1. The maximum atomic E-state index is 13.9. The molecule has 3 aromatic carbocycles. The van der Waals surface area contributed by atoms with Crippen molar-refractivity contribution in [1.29, 1.82) is 0 Å². The summed E-state index contributed by atoms with van der Waals surface area (Å²) in [5, 5.41) is 15.8. The first-order valence-corrected chi connectivity index (χ1v) is 19.3. The van der Waals surface area contributed by atoms with Crippen LogP contribution in [-0.4, -0.2) is 58.9 Å². The third kappa shape index (κ3) is 9.57. The molecule has 2 saturated heterocycles. The minimum absolute atomic E-state index is 0.00154. The summed E-state index contributed by atoms with van der Waals surface area (Å²) in [4.78, 5) is 28.5. The van der Waals surface area contributed by atoms with Crippen molar-refractivity contribution >= 4 is 12.0 Å². The van der Waals surface area contributed by atoms with E-state index in [9.17, 15) is 14.7 Å². The molecule has 0 unspecified atom stereocenters. The number of likely N-dealkylation sites (tertiary alicyclic amines) is 1. The predicted octanol–water partition coefficient (Wildman–Crippen LogP) is 7.99. The minimum Gasteiger partial charge on any atom is -0.445 e. The van der Waals surface area contributed by atoms with Gasteiger partial charge in [-0.15, -0.1) is 0 Å². The molecule has 3 aliphatic rings. The van der Waals surface area contributed by atoms with Crippen LogP contribution >= 0.6 is 0 Å². The van der Waals surface area contributed by atoms with E-state index in [0.717, 1.165) is 52.6 Å². The highest BCUT2D eigenvalue weighted by molar-refractivity contribution is 5.82. The number of piperidine rings is 1. The number of hydrogen-bond donors (Lipinski definition) is 3. The summed E-state index contributed by atoms with van der Waals surface area (Å²) >= 11 is 0.